The predicted octanol–water partition coefficient (Wildman–Crippen LogP) is 4.48. The van der Waals surface area contributed by atoms with Crippen molar-refractivity contribution in [3.05, 3.63) is 63.7 Å². The lowest BCUT2D eigenvalue weighted by molar-refractivity contribution is -0.385. The van der Waals surface area contributed by atoms with E-state index < -0.39 is 4.92 Å². The van der Waals surface area contributed by atoms with Crippen molar-refractivity contribution < 1.29 is 14.5 Å². The molecule has 1 N–H and O–H groups in total. The van der Waals surface area contributed by atoms with E-state index in [0.717, 1.165) is 18.6 Å². The summed E-state index contributed by atoms with van der Waals surface area (Å²) in [6, 6.07) is 11.7. The van der Waals surface area contributed by atoms with Gasteiger partial charge in [-0.3, -0.25) is 14.9 Å². The molecule has 1 aliphatic rings. The molecule has 0 unspecified atom stereocenters. The topological polar surface area (TPSA) is 81.5 Å². The van der Waals surface area contributed by atoms with Gasteiger partial charge < -0.3 is 10.1 Å². The number of hydrogen-bond acceptors (Lipinski definition) is 4. The van der Waals surface area contributed by atoms with Crippen molar-refractivity contribution in [3.8, 4) is 5.75 Å². The van der Waals surface area contributed by atoms with E-state index in [1.807, 2.05) is 12.1 Å². The number of amides is 1. The van der Waals surface area contributed by atoms with Gasteiger partial charge in [0.25, 0.3) is 11.6 Å². The van der Waals surface area contributed by atoms with Gasteiger partial charge in [-0.1, -0.05) is 6.07 Å². The Labute approximate surface area is 146 Å². The van der Waals surface area contributed by atoms with Crippen LogP contribution in [0.25, 0.3) is 0 Å². The van der Waals surface area contributed by atoms with E-state index in [2.05, 4.69) is 5.32 Å². The number of rotatable bonds is 5. The molecule has 1 fully saturated rings. The molecule has 0 radical (unpaired) electrons. The van der Waals surface area contributed by atoms with Crippen LogP contribution in [-0.4, -0.2) is 16.9 Å². The van der Waals surface area contributed by atoms with Gasteiger partial charge in [-0.05, 0) is 62.9 Å². The number of anilines is 1. The molecule has 1 aliphatic carbocycles. The van der Waals surface area contributed by atoms with Crippen LogP contribution in [0.3, 0.4) is 0 Å². The van der Waals surface area contributed by atoms with Gasteiger partial charge in [0.2, 0.25) is 0 Å². The third kappa shape index (κ3) is 3.96. The first-order valence-electron chi connectivity index (χ1n) is 8.36. The third-order valence-electron chi connectivity index (χ3n) is 4.46. The molecule has 0 heterocycles. The maximum atomic E-state index is 12.4. The van der Waals surface area contributed by atoms with Gasteiger partial charge in [-0.15, -0.1) is 0 Å². The molecular weight excluding hydrogens is 320 g/mol. The van der Waals surface area contributed by atoms with Crippen molar-refractivity contribution in [2.75, 3.05) is 5.32 Å². The van der Waals surface area contributed by atoms with Gasteiger partial charge >= 0.3 is 0 Å². The van der Waals surface area contributed by atoms with Crippen LogP contribution in [0.15, 0.2) is 42.5 Å². The van der Waals surface area contributed by atoms with E-state index in [-0.39, 0.29) is 17.7 Å². The molecule has 1 saturated carbocycles. The number of hydrogen-bond donors (Lipinski definition) is 1. The zero-order valence-corrected chi connectivity index (χ0v) is 14.0. The molecule has 0 saturated heterocycles. The number of nitro groups is 1. The van der Waals surface area contributed by atoms with Gasteiger partial charge in [0.15, 0.2) is 0 Å². The molecule has 1 amide bonds. The van der Waals surface area contributed by atoms with Gasteiger partial charge in [0.05, 0.1) is 11.0 Å². The highest BCUT2D eigenvalue weighted by Crippen LogP contribution is 2.26. The van der Waals surface area contributed by atoms with Crippen molar-refractivity contribution in [1.82, 2.24) is 0 Å². The Morgan fingerprint density at radius 3 is 2.48 bits per heavy atom. The number of carbonyl (C=O) groups is 1. The second-order valence-electron chi connectivity index (χ2n) is 6.21. The van der Waals surface area contributed by atoms with Crippen LogP contribution in [0.1, 0.15) is 41.6 Å². The molecule has 0 aliphatic heterocycles. The maximum Gasteiger partial charge on any atom is 0.273 e. The summed E-state index contributed by atoms with van der Waals surface area (Å²) in [5.41, 5.74) is 1.20. The summed E-state index contributed by atoms with van der Waals surface area (Å²) >= 11 is 0. The Balaban J connectivity index is 1.68. The Morgan fingerprint density at radius 1 is 1.16 bits per heavy atom. The zero-order valence-electron chi connectivity index (χ0n) is 14.0. The fraction of sp³-hybridized carbons (Fsp3) is 0.316. The second-order valence-corrected chi connectivity index (χ2v) is 6.21. The molecule has 3 rings (SSSR count). The summed E-state index contributed by atoms with van der Waals surface area (Å²) in [7, 11) is 0. The number of benzene rings is 2. The van der Waals surface area contributed by atoms with Crippen LogP contribution in [-0.2, 0) is 0 Å². The molecule has 130 valence electrons. The number of nitrogens with one attached hydrogen (secondary N) is 1. The van der Waals surface area contributed by atoms with Crippen molar-refractivity contribution >= 4 is 17.3 Å². The van der Waals surface area contributed by atoms with Crippen LogP contribution in [0.2, 0.25) is 0 Å². The average Bonchev–Trinajstić information content (AvgIpc) is 3.09. The predicted molar refractivity (Wildman–Crippen MR) is 95.1 cm³/mol. The van der Waals surface area contributed by atoms with Crippen LogP contribution >= 0.6 is 0 Å². The van der Waals surface area contributed by atoms with E-state index in [1.165, 1.54) is 25.0 Å². The van der Waals surface area contributed by atoms with Crippen LogP contribution in [0.5, 0.6) is 5.75 Å². The SMILES string of the molecule is Cc1c(C(=O)Nc2ccc(OC3CCCC3)cc2)cccc1[N+](=O)[O-]. The van der Waals surface area contributed by atoms with Crippen LogP contribution in [0, 0.1) is 17.0 Å². The first-order chi connectivity index (χ1) is 12.0. The van der Waals surface area contributed by atoms with Crippen molar-refractivity contribution in [1.29, 1.82) is 0 Å². The summed E-state index contributed by atoms with van der Waals surface area (Å²) in [4.78, 5) is 22.9. The second kappa shape index (κ2) is 7.34. The van der Waals surface area contributed by atoms with E-state index in [4.69, 9.17) is 4.74 Å². The first-order valence-corrected chi connectivity index (χ1v) is 8.36. The largest absolute Gasteiger partial charge is 0.490 e. The minimum Gasteiger partial charge on any atom is -0.490 e. The Hall–Kier alpha value is -2.89. The number of ether oxygens (including phenoxy) is 1. The smallest absolute Gasteiger partial charge is 0.273 e. The normalized spacial score (nSPS) is 14.3. The molecule has 6 heteroatoms. The van der Waals surface area contributed by atoms with Gasteiger partial charge in [-0.2, -0.15) is 0 Å². The quantitative estimate of drug-likeness (QED) is 0.643. The van der Waals surface area contributed by atoms with Crippen LogP contribution in [0.4, 0.5) is 11.4 Å². The molecule has 0 aromatic heterocycles. The minimum absolute atomic E-state index is 0.0621. The number of nitro benzene ring substituents is 1. The molecule has 0 atom stereocenters. The van der Waals surface area contributed by atoms with Crippen LogP contribution < -0.4 is 10.1 Å². The minimum atomic E-state index is -0.485. The lowest BCUT2D eigenvalue weighted by atomic mass is 10.1. The van der Waals surface area contributed by atoms with E-state index in [1.54, 1.807) is 25.1 Å². The highest BCUT2D eigenvalue weighted by Gasteiger charge is 2.18. The first kappa shape index (κ1) is 17.0. The zero-order chi connectivity index (χ0) is 17.8. The lowest BCUT2D eigenvalue weighted by Gasteiger charge is -2.13. The molecule has 6 nitrogen and oxygen atoms in total. The molecule has 25 heavy (non-hydrogen) atoms. The molecular formula is C19H20N2O4. The summed E-state index contributed by atoms with van der Waals surface area (Å²) in [6.45, 7) is 1.57. The highest BCUT2D eigenvalue weighted by molar-refractivity contribution is 6.05. The number of carbonyl (C=O) groups excluding carboxylic acids is 1. The number of nitrogens with zero attached hydrogens (tertiary/aromatic N) is 1. The summed E-state index contributed by atoms with van der Waals surface area (Å²) in [5.74, 6) is 0.419. The average molecular weight is 340 g/mol. The Bertz CT molecular complexity index is 781. The molecule has 0 bridgehead atoms. The van der Waals surface area contributed by atoms with Crippen molar-refractivity contribution in [2.45, 2.75) is 38.7 Å². The standard InChI is InChI=1S/C19H20N2O4/c1-13-17(7-4-8-18(13)21(23)24)19(22)20-14-9-11-16(12-10-14)25-15-5-2-3-6-15/h4,7-12,15H,2-3,5-6H2,1H3,(H,20,22). The summed E-state index contributed by atoms with van der Waals surface area (Å²) in [6.07, 6.45) is 4.88. The fourth-order valence-electron chi connectivity index (χ4n) is 3.08. The molecule has 0 spiro atoms. The molecule has 2 aromatic carbocycles. The Morgan fingerprint density at radius 2 is 1.84 bits per heavy atom. The van der Waals surface area contributed by atoms with Gasteiger partial charge in [0.1, 0.15) is 5.75 Å². The summed E-state index contributed by atoms with van der Waals surface area (Å²) in [5, 5.41) is 13.8. The van der Waals surface area contributed by atoms with E-state index >= 15 is 0 Å². The fourth-order valence-corrected chi connectivity index (χ4v) is 3.08. The Kier molecular flexibility index (Phi) is 4.97. The molecule has 2 aromatic rings. The van der Waals surface area contributed by atoms with E-state index in [0.29, 0.717) is 16.8 Å². The highest BCUT2D eigenvalue weighted by atomic mass is 16.6. The lowest BCUT2D eigenvalue weighted by Crippen LogP contribution is -2.14. The van der Waals surface area contributed by atoms with Crippen molar-refractivity contribution in [2.24, 2.45) is 0 Å². The maximum absolute atomic E-state index is 12.4. The van der Waals surface area contributed by atoms with Gasteiger partial charge in [-0.25, -0.2) is 0 Å². The monoisotopic (exact) mass is 340 g/mol. The van der Waals surface area contributed by atoms with Gasteiger partial charge in [0, 0.05) is 22.9 Å². The van der Waals surface area contributed by atoms with Crippen molar-refractivity contribution in [3.63, 3.8) is 0 Å². The third-order valence-corrected chi connectivity index (χ3v) is 4.46. The summed E-state index contributed by atoms with van der Waals surface area (Å²) < 4.78 is 5.89. The van der Waals surface area contributed by atoms with E-state index in [9.17, 15) is 14.9 Å².